The van der Waals surface area contributed by atoms with Gasteiger partial charge in [0.1, 0.15) is 5.75 Å². The van der Waals surface area contributed by atoms with Crippen LogP contribution in [0.3, 0.4) is 0 Å². The number of hydrogen-bond acceptors (Lipinski definition) is 7. The van der Waals surface area contributed by atoms with Crippen molar-refractivity contribution in [3.63, 3.8) is 0 Å². The van der Waals surface area contributed by atoms with E-state index in [2.05, 4.69) is 10.9 Å². The minimum absolute atomic E-state index is 0.353. The van der Waals surface area contributed by atoms with E-state index >= 15 is 0 Å². The van der Waals surface area contributed by atoms with Gasteiger partial charge in [-0.15, -0.1) is 0 Å². The van der Waals surface area contributed by atoms with Crippen molar-refractivity contribution < 1.29 is 24.2 Å². The molecule has 0 aliphatic carbocycles. The highest BCUT2D eigenvalue weighted by molar-refractivity contribution is 5.97. The molecule has 11 heteroatoms. The third kappa shape index (κ3) is 5.48. The average molecular weight is 402 g/mol. The Morgan fingerprint density at radius 3 is 2.03 bits per heavy atom. The third-order valence-corrected chi connectivity index (χ3v) is 4.05. The van der Waals surface area contributed by atoms with Gasteiger partial charge in [-0.25, -0.2) is 0 Å². The topological polar surface area (TPSA) is 154 Å². The molecule has 0 aliphatic heterocycles. The van der Waals surface area contributed by atoms with Crippen LogP contribution in [0.4, 0.5) is 11.4 Å². The van der Waals surface area contributed by atoms with E-state index in [0.717, 1.165) is 29.3 Å². The molecule has 2 N–H and O–H groups in total. The van der Waals surface area contributed by atoms with Crippen LogP contribution in [-0.2, 0) is 4.79 Å². The second kappa shape index (κ2) is 8.78. The molecule has 0 bridgehead atoms. The van der Waals surface area contributed by atoms with E-state index in [-0.39, 0.29) is 5.56 Å². The number of nitro groups is 2. The van der Waals surface area contributed by atoms with E-state index in [1.54, 1.807) is 12.1 Å². The maximum Gasteiger partial charge on any atom is 0.279 e. The lowest BCUT2D eigenvalue weighted by Gasteiger charge is -2.16. The van der Waals surface area contributed by atoms with Crippen LogP contribution >= 0.6 is 0 Å². The normalized spacial score (nSPS) is 11.3. The number of rotatable bonds is 6. The van der Waals surface area contributed by atoms with E-state index in [1.807, 2.05) is 19.9 Å². The zero-order valence-electron chi connectivity index (χ0n) is 15.8. The van der Waals surface area contributed by atoms with Gasteiger partial charge in [0.2, 0.25) is 0 Å². The summed E-state index contributed by atoms with van der Waals surface area (Å²) in [7, 11) is 0. The lowest BCUT2D eigenvalue weighted by atomic mass is 10.1. The molecule has 2 rings (SSSR count). The summed E-state index contributed by atoms with van der Waals surface area (Å²) >= 11 is 0. The maximum absolute atomic E-state index is 12.1. The number of benzene rings is 2. The van der Waals surface area contributed by atoms with Gasteiger partial charge in [-0.3, -0.25) is 40.7 Å². The molecule has 2 aromatic carbocycles. The number of nitrogens with zero attached hydrogens (tertiary/aromatic N) is 2. The van der Waals surface area contributed by atoms with E-state index in [0.29, 0.717) is 5.75 Å². The van der Waals surface area contributed by atoms with Gasteiger partial charge in [-0.1, -0.05) is 6.07 Å². The third-order valence-electron chi connectivity index (χ3n) is 4.05. The van der Waals surface area contributed by atoms with Crippen molar-refractivity contribution in [3.8, 4) is 5.75 Å². The van der Waals surface area contributed by atoms with Crippen molar-refractivity contribution >= 4 is 23.2 Å². The molecule has 0 fully saturated rings. The molecule has 29 heavy (non-hydrogen) atoms. The van der Waals surface area contributed by atoms with Gasteiger partial charge in [0.15, 0.2) is 6.10 Å². The fourth-order valence-corrected chi connectivity index (χ4v) is 2.27. The Kier molecular flexibility index (Phi) is 6.44. The second-order valence-electron chi connectivity index (χ2n) is 6.20. The zero-order chi connectivity index (χ0) is 21.7. The zero-order valence-corrected chi connectivity index (χ0v) is 15.8. The minimum atomic E-state index is -0.961. The SMILES string of the molecule is Cc1ccc(OC(C)C(=O)NNC(=O)c2cc([N+](=O)[O-])cc([N+](=O)[O-])c2)cc1C. The minimum Gasteiger partial charge on any atom is -0.481 e. The Morgan fingerprint density at radius 1 is 0.931 bits per heavy atom. The monoisotopic (exact) mass is 402 g/mol. The van der Waals surface area contributed by atoms with Crippen LogP contribution in [0.15, 0.2) is 36.4 Å². The number of aryl methyl sites for hydroxylation is 2. The number of amides is 2. The number of hydrogen-bond donors (Lipinski definition) is 2. The van der Waals surface area contributed by atoms with E-state index in [4.69, 9.17) is 4.74 Å². The highest BCUT2D eigenvalue weighted by atomic mass is 16.6. The van der Waals surface area contributed by atoms with Crippen molar-refractivity contribution in [1.29, 1.82) is 0 Å². The highest BCUT2D eigenvalue weighted by Gasteiger charge is 2.21. The van der Waals surface area contributed by atoms with Gasteiger partial charge in [0, 0.05) is 12.1 Å². The summed E-state index contributed by atoms with van der Waals surface area (Å²) in [6.45, 7) is 5.29. The highest BCUT2D eigenvalue weighted by Crippen LogP contribution is 2.22. The first-order chi connectivity index (χ1) is 13.6. The van der Waals surface area contributed by atoms with Crippen LogP contribution in [0, 0.1) is 34.1 Å². The predicted octanol–water partition coefficient (Wildman–Crippen LogP) is 2.35. The van der Waals surface area contributed by atoms with Crippen molar-refractivity contribution in [2.24, 2.45) is 0 Å². The molecule has 0 aliphatic rings. The number of carbonyl (C=O) groups is 2. The Labute approximate surface area is 164 Å². The average Bonchev–Trinajstić information content (AvgIpc) is 2.68. The summed E-state index contributed by atoms with van der Waals surface area (Å²) in [6, 6.07) is 7.76. The van der Waals surface area contributed by atoms with Crippen LogP contribution in [0.2, 0.25) is 0 Å². The van der Waals surface area contributed by atoms with Gasteiger partial charge in [0.25, 0.3) is 23.2 Å². The quantitative estimate of drug-likeness (QED) is 0.555. The van der Waals surface area contributed by atoms with Crippen LogP contribution in [0.5, 0.6) is 5.75 Å². The van der Waals surface area contributed by atoms with Crippen molar-refractivity contribution in [3.05, 3.63) is 73.3 Å². The fourth-order valence-electron chi connectivity index (χ4n) is 2.27. The molecular formula is C18H18N4O7. The lowest BCUT2D eigenvalue weighted by Crippen LogP contribution is -2.47. The van der Waals surface area contributed by atoms with Gasteiger partial charge in [-0.2, -0.15) is 0 Å². The molecule has 0 aromatic heterocycles. The Balaban J connectivity index is 2.04. The van der Waals surface area contributed by atoms with Crippen molar-refractivity contribution in [2.45, 2.75) is 26.9 Å². The summed E-state index contributed by atoms with van der Waals surface area (Å²) < 4.78 is 5.51. The maximum atomic E-state index is 12.1. The van der Waals surface area contributed by atoms with Gasteiger partial charge >= 0.3 is 0 Å². The second-order valence-corrected chi connectivity index (χ2v) is 6.20. The van der Waals surface area contributed by atoms with Crippen LogP contribution in [-0.4, -0.2) is 27.8 Å². The molecule has 11 nitrogen and oxygen atoms in total. The Bertz CT molecular complexity index is 958. The smallest absolute Gasteiger partial charge is 0.279 e. The number of nitrogens with one attached hydrogen (secondary N) is 2. The van der Waals surface area contributed by atoms with Crippen LogP contribution in [0.1, 0.15) is 28.4 Å². The van der Waals surface area contributed by atoms with Crippen LogP contribution < -0.4 is 15.6 Å². The predicted molar refractivity (Wildman–Crippen MR) is 101 cm³/mol. The molecule has 0 saturated carbocycles. The first kappa shape index (κ1) is 21.3. The molecule has 1 unspecified atom stereocenters. The number of ether oxygens (including phenoxy) is 1. The molecule has 0 spiro atoms. The lowest BCUT2D eigenvalue weighted by molar-refractivity contribution is -0.394. The molecule has 2 aromatic rings. The summed E-state index contributed by atoms with van der Waals surface area (Å²) in [6.07, 6.45) is -0.961. The van der Waals surface area contributed by atoms with Crippen molar-refractivity contribution in [2.75, 3.05) is 0 Å². The molecule has 1 atom stereocenters. The molecule has 152 valence electrons. The molecule has 0 saturated heterocycles. The fraction of sp³-hybridized carbons (Fsp3) is 0.222. The first-order valence-corrected chi connectivity index (χ1v) is 8.36. The number of carbonyl (C=O) groups excluding carboxylic acids is 2. The molecule has 0 radical (unpaired) electrons. The summed E-state index contributed by atoms with van der Waals surface area (Å²) in [5.74, 6) is -1.17. The first-order valence-electron chi connectivity index (χ1n) is 8.36. The molecule has 2 amide bonds. The van der Waals surface area contributed by atoms with Gasteiger partial charge in [-0.05, 0) is 44.0 Å². The molecule has 0 heterocycles. The summed E-state index contributed by atoms with van der Waals surface area (Å²) in [5, 5.41) is 21.8. The summed E-state index contributed by atoms with van der Waals surface area (Å²) in [4.78, 5) is 44.3. The number of non-ortho nitro benzene ring substituents is 2. The summed E-state index contributed by atoms with van der Waals surface area (Å²) in [5.41, 5.74) is 4.62. The van der Waals surface area contributed by atoms with Gasteiger partial charge < -0.3 is 4.74 Å². The van der Waals surface area contributed by atoms with E-state index < -0.39 is 39.1 Å². The van der Waals surface area contributed by atoms with Crippen LogP contribution in [0.25, 0.3) is 0 Å². The Hall–Kier alpha value is -4.02. The molecular weight excluding hydrogens is 384 g/mol. The van der Waals surface area contributed by atoms with E-state index in [9.17, 15) is 29.8 Å². The number of nitro benzene ring substituents is 2. The Morgan fingerprint density at radius 2 is 1.52 bits per heavy atom. The largest absolute Gasteiger partial charge is 0.481 e. The number of hydrazine groups is 1. The van der Waals surface area contributed by atoms with Crippen molar-refractivity contribution in [1.82, 2.24) is 10.9 Å². The standard InChI is InChI=1S/C18H18N4O7/c1-10-4-5-16(6-11(10)2)29-12(3)17(23)19-20-18(24)13-7-14(21(25)26)9-15(8-13)22(27)28/h4-9,12H,1-3H3,(H,19,23)(H,20,24). The van der Waals surface area contributed by atoms with E-state index in [1.165, 1.54) is 6.92 Å². The van der Waals surface area contributed by atoms with Gasteiger partial charge in [0.05, 0.1) is 21.5 Å².